The van der Waals surface area contributed by atoms with Crippen LogP contribution < -0.4 is 10.1 Å². The van der Waals surface area contributed by atoms with E-state index in [2.05, 4.69) is 79.3 Å². The van der Waals surface area contributed by atoms with Gasteiger partial charge in [-0.3, -0.25) is 0 Å². The minimum atomic E-state index is 0.474. The molecule has 0 saturated heterocycles. The minimum absolute atomic E-state index is 0.474. The summed E-state index contributed by atoms with van der Waals surface area (Å²) in [6, 6.07) is 12.9. The molecule has 21 heavy (non-hydrogen) atoms. The van der Waals surface area contributed by atoms with Gasteiger partial charge in [0.05, 0.1) is 4.47 Å². The van der Waals surface area contributed by atoms with Crippen molar-refractivity contribution in [2.75, 3.05) is 0 Å². The molecule has 3 heteroatoms. The summed E-state index contributed by atoms with van der Waals surface area (Å²) < 4.78 is 7.05. The molecule has 0 bridgehead atoms. The first-order chi connectivity index (χ1) is 9.95. The lowest BCUT2D eigenvalue weighted by molar-refractivity contribution is 0.474. The van der Waals surface area contributed by atoms with Gasteiger partial charge in [-0.15, -0.1) is 0 Å². The monoisotopic (exact) mass is 347 g/mol. The highest BCUT2D eigenvalue weighted by atomic mass is 79.9. The highest BCUT2D eigenvalue weighted by Crippen LogP contribution is 2.32. The van der Waals surface area contributed by atoms with Gasteiger partial charge in [0.2, 0.25) is 0 Å². The molecular weight excluding hydrogens is 326 g/mol. The van der Waals surface area contributed by atoms with Crippen LogP contribution in [0.3, 0.4) is 0 Å². The Labute approximate surface area is 135 Å². The second-order valence-electron chi connectivity index (χ2n) is 5.67. The van der Waals surface area contributed by atoms with E-state index in [4.69, 9.17) is 4.74 Å². The molecular formula is C18H22BrNO. The van der Waals surface area contributed by atoms with E-state index in [1.54, 1.807) is 0 Å². The first-order valence-electron chi connectivity index (χ1n) is 7.22. The smallest absolute Gasteiger partial charge is 0.141 e. The van der Waals surface area contributed by atoms with Gasteiger partial charge < -0.3 is 10.1 Å². The summed E-state index contributed by atoms with van der Waals surface area (Å²) in [6.45, 7) is 9.28. The third-order valence-corrected chi connectivity index (χ3v) is 3.89. The quantitative estimate of drug-likeness (QED) is 0.786. The molecule has 2 rings (SSSR count). The Morgan fingerprint density at radius 3 is 2.48 bits per heavy atom. The number of ether oxygens (including phenoxy) is 1. The SMILES string of the molecule is Cc1ccc(Oc2cc(CNC(C)C)ccc2C)c(Br)c1. The van der Waals surface area contributed by atoms with Gasteiger partial charge in [-0.1, -0.05) is 32.0 Å². The van der Waals surface area contributed by atoms with E-state index in [-0.39, 0.29) is 0 Å². The summed E-state index contributed by atoms with van der Waals surface area (Å²) in [5.41, 5.74) is 3.57. The molecule has 0 fully saturated rings. The number of hydrogen-bond acceptors (Lipinski definition) is 2. The third kappa shape index (κ3) is 4.58. The summed E-state index contributed by atoms with van der Waals surface area (Å²) in [4.78, 5) is 0. The maximum atomic E-state index is 6.07. The summed E-state index contributed by atoms with van der Waals surface area (Å²) in [5, 5.41) is 3.43. The predicted molar refractivity (Wildman–Crippen MR) is 92.1 cm³/mol. The van der Waals surface area contributed by atoms with E-state index in [9.17, 15) is 0 Å². The normalized spacial score (nSPS) is 11.0. The van der Waals surface area contributed by atoms with Crippen LogP contribution in [0.25, 0.3) is 0 Å². The molecule has 0 aliphatic rings. The van der Waals surface area contributed by atoms with Crippen LogP contribution in [-0.2, 0) is 6.54 Å². The number of benzene rings is 2. The largest absolute Gasteiger partial charge is 0.456 e. The molecule has 0 aliphatic heterocycles. The molecule has 0 heterocycles. The Balaban J connectivity index is 2.20. The average molecular weight is 348 g/mol. The topological polar surface area (TPSA) is 21.3 Å². The Hall–Kier alpha value is -1.32. The molecule has 0 aromatic heterocycles. The lowest BCUT2D eigenvalue weighted by Gasteiger charge is -2.13. The van der Waals surface area contributed by atoms with E-state index >= 15 is 0 Å². The van der Waals surface area contributed by atoms with Crippen LogP contribution in [-0.4, -0.2) is 6.04 Å². The molecule has 0 spiro atoms. The first kappa shape index (κ1) is 16.1. The van der Waals surface area contributed by atoms with Gasteiger partial charge in [-0.25, -0.2) is 0 Å². The van der Waals surface area contributed by atoms with Gasteiger partial charge in [-0.05, 0) is 64.7 Å². The number of aryl methyl sites for hydroxylation is 2. The van der Waals surface area contributed by atoms with Crippen LogP contribution in [0.1, 0.15) is 30.5 Å². The standard InChI is InChI=1S/C18H22BrNO/c1-12(2)20-11-15-7-6-14(4)18(10-15)21-17-8-5-13(3)9-16(17)19/h5-10,12,20H,11H2,1-4H3. The van der Waals surface area contributed by atoms with Crippen molar-refractivity contribution in [3.8, 4) is 11.5 Å². The van der Waals surface area contributed by atoms with Crippen molar-refractivity contribution in [2.24, 2.45) is 0 Å². The predicted octanol–water partition coefficient (Wildman–Crippen LogP) is 5.36. The van der Waals surface area contributed by atoms with Gasteiger partial charge in [-0.2, -0.15) is 0 Å². The van der Waals surface area contributed by atoms with Crippen LogP contribution >= 0.6 is 15.9 Å². The fraction of sp³-hybridized carbons (Fsp3) is 0.333. The van der Waals surface area contributed by atoms with Gasteiger partial charge in [0.1, 0.15) is 11.5 Å². The van der Waals surface area contributed by atoms with Gasteiger partial charge in [0.15, 0.2) is 0 Å². The Kier molecular flexibility index (Phi) is 5.43. The molecule has 0 amide bonds. The third-order valence-electron chi connectivity index (χ3n) is 3.27. The molecule has 0 saturated carbocycles. The van der Waals surface area contributed by atoms with Crippen molar-refractivity contribution in [1.82, 2.24) is 5.32 Å². The highest BCUT2D eigenvalue weighted by molar-refractivity contribution is 9.10. The van der Waals surface area contributed by atoms with Crippen molar-refractivity contribution in [1.29, 1.82) is 0 Å². The maximum Gasteiger partial charge on any atom is 0.141 e. The highest BCUT2D eigenvalue weighted by Gasteiger charge is 2.07. The molecule has 2 aromatic rings. The van der Waals surface area contributed by atoms with Crippen LogP contribution in [0.2, 0.25) is 0 Å². The zero-order chi connectivity index (χ0) is 15.4. The van der Waals surface area contributed by atoms with Crippen molar-refractivity contribution in [3.63, 3.8) is 0 Å². The lowest BCUT2D eigenvalue weighted by Crippen LogP contribution is -2.21. The van der Waals surface area contributed by atoms with Crippen molar-refractivity contribution >= 4 is 15.9 Å². The second-order valence-corrected chi connectivity index (χ2v) is 6.53. The Morgan fingerprint density at radius 1 is 1.05 bits per heavy atom. The summed E-state index contributed by atoms with van der Waals surface area (Å²) in [7, 11) is 0. The van der Waals surface area contributed by atoms with Crippen LogP contribution in [0.5, 0.6) is 11.5 Å². The minimum Gasteiger partial charge on any atom is -0.456 e. The average Bonchev–Trinajstić information content (AvgIpc) is 2.42. The maximum absolute atomic E-state index is 6.07. The summed E-state index contributed by atoms with van der Waals surface area (Å²) in [6.07, 6.45) is 0. The molecule has 2 aromatic carbocycles. The van der Waals surface area contributed by atoms with Crippen molar-refractivity contribution in [3.05, 3.63) is 57.6 Å². The van der Waals surface area contributed by atoms with Crippen LogP contribution in [0.15, 0.2) is 40.9 Å². The zero-order valence-corrected chi connectivity index (χ0v) is 14.6. The van der Waals surface area contributed by atoms with E-state index in [1.165, 1.54) is 11.1 Å². The molecule has 1 N–H and O–H groups in total. The van der Waals surface area contributed by atoms with E-state index in [0.29, 0.717) is 6.04 Å². The second kappa shape index (κ2) is 7.10. The summed E-state index contributed by atoms with van der Waals surface area (Å²) >= 11 is 3.56. The molecule has 112 valence electrons. The molecule has 2 nitrogen and oxygen atoms in total. The van der Waals surface area contributed by atoms with Crippen molar-refractivity contribution in [2.45, 2.75) is 40.3 Å². The molecule has 0 atom stereocenters. The number of halogens is 1. The zero-order valence-electron chi connectivity index (χ0n) is 13.0. The van der Waals surface area contributed by atoms with E-state index < -0.39 is 0 Å². The summed E-state index contributed by atoms with van der Waals surface area (Å²) in [5.74, 6) is 1.75. The van der Waals surface area contributed by atoms with Crippen LogP contribution in [0, 0.1) is 13.8 Å². The van der Waals surface area contributed by atoms with Crippen LogP contribution in [0.4, 0.5) is 0 Å². The van der Waals surface area contributed by atoms with Gasteiger partial charge >= 0.3 is 0 Å². The molecule has 0 aliphatic carbocycles. The molecule has 0 radical (unpaired) electrons. The Morgan fingerprint density at radius 2 is 1.81 bits per heavy atom. The number of rotatable bonds is 5. The van der Waals surface area contributed by atoms with E-state index in [1.807, 2.05) is 6.07 Å². The fourth-order valence-electron chi connectivity index (χ4n) is 1.99. The van der Waals surface area contributed by atoms with Crippen molar-refractivity contribution < 1.29 is 4.74 Å². The molecule has 0 unspecified atom stereocenters. The fourth-order valence-corrected chi connectivity index (χ4v) is 2.57. The van der Waals surface area contributed by atoms with E-state index in [0.717, 1.165) is 28.1 Å². The number of hydrogen-bond donors (Lipinski definition) is 1. The van der Waals surface area contributed by atoms with Gasteiger partial charge in [0, 0.05) is 12.6 Å². The Bertz CT molecular complexity index is 623. The van der Waals surface area contributed by atoms with Gasteiger partial charge in [0.25, 0.3) is 0 Å². The lowest BCUT2D eigenvalue weighted by atomic mass is 10.1. The number of nitrogens with one attached hydrogen (secondary N) is 1. The first-order valence-corrected chi connectivity index (χ1v) is 8.02.